The Kier molecular flexibility index (Phi) is 4.88. The number of carbonyl (C=O) groups is 1. The molecule has 144 valence electrons. The smallest absolute Gasteiger partial charge is 0.280 e. The zero-order chi connectivity index (χ0) is 18.9. The number of nitrogens with zero attached hydrogens (tertiary/aromatic N) is 1. The minimum Gasteiger partial charge on any atom is -0.384 e. The number of amides is 1. The quantitative estimate of drug-likeness (QED) is 0.864. The molecule has 1 spiro atoms. The molecule has 3 atom stereocenters. The summed E-state index contributed by atoms with van der Waals surface area (Å²) in [4.78, 5) is 25.6. The third-order valence-corrected chi connectivity index (χ3v) is 5.66. The summed E-state index contributed by atoms with van der Waals surface area (Å²) in [6.07, 6.45) is 1.38. The van der Waals surface area contributed by atoms with Crippen molar-refractivity contribution in [3.63, 3.8) is 0 Å². The molecule has 2 aliphatic rings. The van der Waals surface area contributed by atoms with Crippen molar-refractivity contribution in [2.75, 3.05) is 26.8 Å². The minimum atomic E-state index is -0.453. The van der Waals surface area contributed by atoms with Gasteiger partial charge in [0.15, 0.2) is 0 Å². The van der Waals surface area contributed by atoms with Crippen LogP contribution in [0, 0.1) is 0 Å². The maximum atomic E-state index is 12.7. The molecule has 1 aromatic heterocycles. The average molecular weight is 372 g/mol. The van der Waals surface area contributed by atoms with Crippen molar-refractivity contribution >= 4 is 5.91 Å². The Morgan fingerprint density at radius 2 is 2.19 bits per heavy atom. The lowest BCUT2D eigenvalue weighted by molar-refractivity contribution is -0.131. The summed E-state index contributed by atoms with van der Waals surface area (Å²) in [6, 6.07) is 11.7. The van der Waals surface area contributed by atoms with Crippen LogP contribution in [0.4, 0.5) is 0 Å². The summed E-state index contributed by atoms with van der Waals surface area (Å²) in [5.41, 5.74) is 0.519. The van der Waals surface area contributed by atoms with Crippen molar-refractivity contribution in [3.8, 4) is 0 Å². The number of hydrogen-bond donors (Lipinski definition) is 1. The number of rotatable bonds is 5. The van der Waals surface area contributed by atoms with Crippen LogP contribution >= 0.6 is 0 Å². The van der Waals surface area contributed by atoms with E-state index in [9.17, 15) is 9.59 Å². The summed E-state index contributed by atoms with van der Waals surface area (Å²) in [5.74, 6) is 0.823. The highest BCUT2D eigenvalue weighted by Gasteiger charge is 2.53. The lowest BCUT2D eigenvalue weighted by atomic mass is 9.87. The predicted molar refractivity (Wildman–Crippen MR) is 97.5 cm³/mol. The first-order chi connectivity index (χ1) is 13.1. The van der Waals surface area contributed by atoms with Crippen LogP contribution in [-0.4, -0.2) is 54.5 Å². The van der Waals surface area contributed by atoms with E-state index in [0.29, 0.717) is 37.8 Å². The molecule has 7 nitrogen and oxygen atoms in total. The van der Waals surface area contributed by atoms with E-state index < -0.39 is 5.60 Å². The fourth-order valence-electron chi connectivity index (χ4n) is 4.24. The van der Waals surface area contributed by atoms with E-state index in [1.807, 2.05) is 23.1 Å². The number of aromatic amines is 1. The molecule has 1 aromatic carbocycles. The number of aryl methyl sites for hydroxylation is 1. The van der Waals surface area contributed by atoms with Crippen LogP contribution in [0.15, 0.2) is 45.7 Å². The molecule has 4 rings (SSSR count). The van der Waals surface area contributed by atoms with Gasteiger partial charge in [0, 0.05) is 38.5 Å². The first-order valence-corrected chi connectivity index (χ1v) is 9.26. The Morgan fingerprint density at radius 1 is 1.37 bits per heavy atom. The lowest BCUT2D eigenvalue weighted by Gasteiger charge is -2.28. The van der Waals surface area contributed by atoms with Gasteiger partial charge in [0.2, 0.25) is 5.91 Å². The molecule has 2 aliphatic heterocycles. The second-order valence-electron chi connectivity index (χ2n) is 7.37. The van der Waals surface area contributed by atoms with Gasteiger partial charge in [-0.25, -0.2) is 0 Å². The third-order valence-electron chi connectivity index (χ3n) is 5.66. The van der Waals surface area contributed by atoms with E-state index in [0.717, 1.165) is 6.42 Å². The monoisotopic (exact) mass is 372 g/mol. The van der Waals surface area contributed by atoms with Crippen molar-refractivity contribution in [3.05, 3.63) is 58.1 Å². The molecule has 2 fully saturated rings. The Morgan fingerprint density at radius 3 is 2.89 bits per heavy atom. The number of methoxy groups -OCH3 is 1. The molecule has 0 radical (unpaired) electrons. The van der Waals surface area contributed by atoms with E-state index in [1.165, 1.54) is 11.6 Å². The Balaban J connectivity index is 1.41. The molecule has 27 heavy (non-hydrogen) atoms. The molecule has 1 amide bonds. The molecule has 0 unspecified atom stereocenters. The molecule has 0 saturated carbocycles. The van der Waals surface area contributed by atoms with Crippen LogP contribution in [0.3, 0.4) is 0 Å². The number of carbonyl (C=O) groups excluding carboxylic acids is 1. The van der Waals surface area contributed by atoms with Crippen molar-refractivity contribution < 1.29 is 18.8 Å². The van der Waals surface area contributed by atoms with Gasteiger partial charge >= 0.3 is 0 Å². The number of benzene rings is 1. The maximum Gasteiger partial charge on any atom is 0.280 e. The second-order valence-corrected chi connectivity index (χ2v) is 7.37. The van der Waals surface area contributed by atoms with Crippen molar-refractivity contribution in [2.24, 2.45) is 0 Å². The molecule has 3 heterocycles. The number of likely N-dealkylation sites (tertiary alicyclic amines) is 1. The van der Waals surface area contributed by atoms with Gasteiger partial charge in [-0.15, -0.1) is 0 Å². The third kappa shape index (κ3) is 3.57. The van der Waals surface area contributed by atoms with Crippen LogP contribution in [0.25, 0.3) is 0 Å². The first kappa shape index (κ1) is 18.0. The summed E-state index contributed by atoms with van der Waals surface area (Å²) >= 11 is 0. The van der Waals surface area contributed by atoms with E-state index >= 15 is 0 Å². The molecule has 0 aliphatic carbocycles. The van der Waals surface area contributed by atoms with Gasteiger partial charge in [-0.1, -0.05) is 30.3 Å². The topological polar surface area (TPSA) is 84.8 Å². The SMILES string of the molecule is CO[C@@H]1CN(C(=O)CCc2cc(=O)[nH]o2)C[C@]12C[C@@H](c1ccccc1)CO2. The summed E-state index contributed by atoms with van der Waals surface area (Å²) in [6.45, 7) is 1.69. The van der Waals surface area contributed by atoms with Crippen molar-refractivity contribution in [1.29, 1.82) is 0 Å². The van der Waals surface area contributed by atoms with Gasteiger partial charge in [0.25, 0.3) is 5.56 Å². The predicted octanol–water partition coefficient (Wildman–Crippen LogP) is 1.70. The van der Waals surface area contributed by atoms with Gasteiger partial charge in [-0.2, -0.15) is 5.16 Å². The van der Waals surface area contributed by atoms with E-state index in [4.69, 9.17) is 14.0 Å². The minimum absolute atomic E-state index is 0.0181. The average Bonchev–Trinajstić information content (AvgIpc) is 3.40. The van der Waals surface area contributed by atoms with Crippen LogP contribution < -0.4 is 5.56 Å². The van der Waals surface area contributed by atoms with Gasteiger partial charge in [-0.3, -0.25) is 9.59 Å². The van der Waals surface area contributed by atoms with Gasteiger partial charge in [0.05, 0.1) is 13.2 Å². The Bertz CT molecular complexity index is 845. The van der Waals surface area contributed by atoms with Gasteiger partial charge in [-0.05, 0) is 12.0 Å². The van der Waals surface area contributed by atoms with E-state index in [-0.39, 0.29) is 24.0 Å². The number of nitrogens with one attached hydrogen (secondary N) is 1. The normalized spacial score (nSPS) is 27.5. The summed E-state index contributed by atoms with van der Waals surface area (Å²) in [7, 11) is 1.67. The Hall–Kier alpha value is -2.38. The van der Waals surface area contributed by atoms with E-state index in [1.54, 1.807) is 7.11 Å². The standard InChI is InChI=1S/C20H24N2O5/c1-25-17-11-22(19(24)8-7-16-9-18(23)21-27-16)13-20(17)10-15(12-26-20)14-5-3-2-4-6-14/h2-6,9,15,17H,7-8,10-13H2,1H3,(H,21,23)/t15-,17-,20-/m1/s1. The molecule has 2 aromatic rings. The lowest BCUT2D eigenvalue weighted by Crippen LogP contribution is -2.42. The molecule has 1 N–H and O–H groups in total. The molecule has 0 bridgehead atoms. The highest BCUT2D eigenvalue weighted by atomic mass is 16.6. The number of aromatic nitrogens is 1. The Labute approximate surface area is 157 Å². The van der Waals surface area contributed by atoms with Crippen molar-refractivity contribution in [1.82, 2.24) is 10.1 Å². The fourth-order valence-corrected chi connectivity index (χ4v) is 4.24. The molecular weight excluding hydrogens is 348 g/mol. The van der Waals surface area contributed by atoms with Crippen LogP contribution in [0.1, 0.15) is 30.1 Å². The molecule has 7 heteroatoms. The van der Waals surface area contributed by atoms with Crippen LogP contribution in [0.5, 0.6) is 0 Å². The zero-order valence-corrected chi connectivity index (χ0v) is 15.3. The first-order valence-electron chi connectivity index (χ1n) is 9.26. The van der Waals surface area contributed by atoms with Crippen molar-refractivity contribution in [2.45, 2.75) is 36.9 Å². The summed E-state index contributed by atoms with van der Waals surface area (Å²) < 4.78 is 16.9. The number of ether oxygens (including phenoxy) is 2. The molecule has 2 saturated heterocycles. The summed E-state index contributed by atoms with van der Waals surface area (Å²) in [5, 5.41) is 2.24. The second kappa shape index (κ2) is 7.32. The fraction of sp³-hybridized carbons (Fsp3) is 0.500. The number of H-pyrrole nitrogens is 1. The van der Waals surface area contributed by atoms with E-state index in [2.05, 4.69) is 17.3 Å². The molecular formula is C20H24N2O5. The highest BCUT2D eigenvalue weighted by molar-refractivity contribution is 5.77. The van der Waals surface area contributed by atoms with Gasteiger partial charge < -0.3 is 18.9 Å². The zero-order valence-electron chi connectivity index (χ0n) is 15.3. The highest BCUT2D eigenvalue weighted by Crippen LogP contribution is 2.43. The van der Waals surface area contributed by atoms with Crippen LogP contribution in [-0.2, 0) is 20.7 Å². The van der Waals surface area contributed by atoms with Crippen LogP contribution in [0.2, 0.25) is 0 Å². The number of hydrogen-bond acceptors (Lipinski definition) is 5. The van der Waals surface area contributed by atoms with Gasteiger partial charge in [0.1, 0.15) is 17.5 Å². The largest absolute Gasteiger partial charge is 0.384 e. The maximum absolute atomic E-state index is 12.7.